The zero-order valence-corrected chi connectivity index (χ0v) is 20.2. The van der Waals surface area contributed by atoms with E-state index in [1.807, 2.05) is 70.1 Å². The highest BCUT2D eigenvalue weighted by Gasteiger charge is 2.28. The molecule has 1 amide bonds. The molecule has 0 unspecified atom stereocenters. The molecule has 4 aromatic rings. The number of ether oxygens (including phenoxy) is 2. The van der Waals surface area contributed by atoms with E-state index in [9.17, 15) is 4.79 Å². The first-order valence-corrected chi connectivity index (χ1v) is 11.7. The fraction of sp³-hybridized carbons (Fsp3) is 0.296. The maximum absolute atomic E-state index is 12.9. The number of methoxy groups -OCH3 is 2. The predicted molar refractivity (Wildman–Crippen MR) is 134 cm³/mol. The van der Waals surface area contributed by atoms with E-state index in [4.69, 9.17) is 14.6 Å². The highest BCUT2D eigenvalue weighted by atomic mass is 16.5. The average Bonchev–Trinajstić information content (AvgIpc) is 3.31. The van der Waals surface area contributed by atoms with Gasteiger partial charge in [0.2, 0.25) is 0 Å². The SMILES string of the molecule is COc1ccc(-c2ccnc3cc(CN4CCN(C(=O)c5ccccc5)[C@@H](C)C4)nn23)cc1OC. The van der Waals surface area contributed by atoms with Crippen molar-refractivity contribution >= 4 is 11.6 Å². The summed E-state index contributed by atoms with van der Waals surface area (Å²) in [5, 5.41) is 4.87. The molecule has 0 bridgehead atoms. The van der Waals surface area contributed by atoms with Gasteiger partial charge in [0.25, 0.3) is 5.91 Å². The molecule has 35 heavy (non-hydrogen) atoms. The molecule has 3 heterocycles. The first-order chi connectivity index (χ1) is 17.1. The van der Waals surface area contributed by atoms with Gasteiger partial charge in [0.1, 0.15) is 0 Å². The van der Waals surface area contributed by atoms with Crippen LogP contribution in [0.2, 0.25) is 0 Å². The van der Waals surface area contributed by atoms with Crippen LogP contribution in [0.25, 0.3) is 16.9 Å². The lowest BCUT2D eigenvalue weighted by molar-refractivity contribution is 0.0473. The van der Waals surface area contributed by atoms with Crippen molar-refractivity contribution in [1.82, 2.24) is 24.4 Å². The minimum absolute atomic E-state index is 0.0919. The Morgan fingerprint density at radius 2 is 1.80 bits per heavy atom. The molecule has 8 nitrogen and oxygen atoms in total. The summed E-state index contributed by atoms with van der Waals surface area (Å²) in [5.41, 5.74) is 4.36. The summed E-state index contributed by atoms with van der Waals surface area (Å²) in [4.78, 5) is 21.7. The number of piperazine rings is 1. The molecule has 1 saturated heterocycles. The fourth-order valence-electron chi connectivity index (χ4n) is 4.69. The largest absolute Gasteiger partial charge is 0.493 e. The van der Waals surface area contributed by atoms with Crippen molar-refractivity contribution in [3.05, 3.63) is 78.1 Å². The number of hydrogen-bond donors (Lipinski definition) is 0. The molecule has 2 aromatic carbocycles. The van der Waals surface area contributed by atoms with Crippen LogP contribution in [-0.4, -0.2) is 70.2 Å². The minimum atomic E-state index is 0.0919. The Labute approximate surface area is 204 Å². The Kier molecular flexibility index (Phi) is 6.37. The van der Waals surface area contributed by atoms with E-state index in [2.05, 4.69) is 16.8 Å². The topological polar surface area (TPSA) is 72.2 Å². The highest BCUT2D eigenvalue weighted by molar-refractivity contribution is 5.94. The van der Waals surface area contributed by atoms with Crippen molar-refractivity contribution in [2.24, 2.45) is 0 Å². The number of fused-ring (bicyclic) bond motifs is 1. The first kappa shape index (κ1) is 22.9. The van der Waals surface area contributed by atoms with Crippen molar-refractivity contribution in [2.75, 3.05) is 33.9 Å². The quantitative estimate of drug-likeness (QED) is 0.426. The normalized spacial score (nSPS) is 16.4. The van der Waals surface area contributed by atoms with Crippen LogP contribution in [0.4, 0.5) is 0 Å². The predicted octanol–water partition coefficient (Wildman–Crippen LogP) is 3.76. The standard InChI is InChI=1S/C27H29N5O3/c1-19-17-30(13-14-31(19)27(33)20-7-5-4-6-8-20)18-22-16-26-28-12-11-23(32(26)29-22)21-9-10-24(34-2)25(15-21)35-3/h4-12,15-16,19H,13-14,17-18H2,1-3H3/t19-/m0/s1. The molecule has 0 N–H and O–H groups in total. The number of aromatic nitrogens is 3. The van der Waals surface area contributed by atoms with Gasteiger partial charge in [-0.25, -0.2) is 9.50 Å². The average molecular weight is 472 g/mol. The third kappa shape index (κ3) is 4.57. The van der Waals surface area contributed by atoms with Gasteiger partial charge >= 0.3 is 0 Å². The molecule has 180 valence electrons. The van der Waals surface area contributed by atoms with Gasteiger partial charge in [-0.3, -0.25) is 9.69 Å². The van der Waals surface area contributed by atoms with Crippen LogP contribution in [0.5, 0.6) is 11.5 Å². The Morgan fingerprint density at radius 1 is 1.00 bits per heavy atom. The van der Waals surface area contributed by atoms with E-state index >= 15 is 0 Å². The van der Waals surface area contributed by atoms with E-state index in [0.717, 1.165) is 41.3 Å². The number of carbonyl (C=O) groups is 1. The second-order valence-corrected chi connectivity index (χ2v) is 8.75. The Bertz CT molecular complexity index is 1340. The number of rotatable bonds is 6. The summed E-state index contributed by atoms with van der Waals surface area (Å²) >= 11 is 0. The molecule has 1 aliphatic rings. The van der Waals surface area contributed by atoms with Crippen LogP contribution in [0.3, 0.4) is 0 Å². The van der Waals surface area contributed by atoms with Crippen molar-refractivity contribution < 1.29 is 14.3 Å². The molecule has 1 fully saturated rings. The lowest BCUT2D eigenvalue weighted by atomic mass is 10.1. The molecule has 1 atom stereocenters. The Balaban J connectivity index is 1.33. The molecule has 5 rings (SSSR count). The summed E-state index contributed by atoms with van der Waals surface area (Å²) < 4.78 is 12.7. The fourth-order valence-corrected chi connectivity index (χ4v) is 4.69. The maximum Gasteiger partial charge on any atom is 0.254 e. The van der Waals surface area contributed by atoms with Crippen LogP contribution < -0.4 is 9.47 Å². The van der Waals surface area contributed by atoms with Gasteiger partial charge in [0, 0.05) is 55.6 Å². The van der Waals surface area contributed by atoms with Crippen LogP contribution >= 0.6 is 0 Å². The summed E-state index contributed by atoms with van der Waals surface area (Å²) in [5.74, 6) is 1.44. The third-order valence-corrected chi connectivity index (χ3v) is 6.47. The molecule has 2 aromatic heterocycles. The third-order valence-electron chi connectivity index (χ3n) is 6.47. The van der Waals surface area contributed by atoms with E-state index in [1.165, 1.54) is 0 Å². The van der Waals surface area contributed by atoms with Crippen molar-refractivity contribution in [3.8, 4) is 22.8 Å². The minimum Gasteiger partial charge on any atom is -0.493 e. The molecular formula is C27H29N5O3. The van der Waals surface area contributed by atoms with Crippen LogP contribution in [0.15, 0.2) is 66.9 Å². The molecule has 0 spiro atoms. The monoisotopic (exact) mass is 471 g/mol. The Hall–Kier alpha value is -3.91. The summed E-state index contributed by atoms with van der Waals surface area (Å²) in [7, 11) is 3.25. The van der Waals surface area contributed by atoms with E-state index in [-0.39, 0.29) is 11.9 Å². The lowest BCUT2D eigenvalue weighted by Crippen LogP contribution is -2.53. The summed E-state index contributed by atoms with van der Waals surface area (Å²) in [6, 6.07) is 19.4. The van der Waals surface area contributed by atoms with Crippen LogP contribution in [0.1, 0.15) is 23.0 Å². The van der Waals surface area contributed by atoms with E-state index < -0.39 is 0 Å². The van der Waals surface area contributed by atoms with Crippen LogP contribution in [0, 0.1) is 0 Å². The highest BCUT2D eigenvalue weighted by Crippen LogP contribution is 2.32. The number of carbonyl (C=O) groups excluding carboxylic acids is 1. The summed E-state index contributed by atoms with van der Waals surface area (Å²) in [6.07, 6.45) is 1.79. The molecule has 8 heteroatoms. The molecule has 0 saturated carbocycles. The van der Waals surface area contributed by atoms with E-state index in [0.29, 0.717) is 24.6 Å². The molecule has 0 aliphatic carbocycles. The van der Waals surface area contributed by atoms with Crippen molar-refractivity contribution in [3.63, 3.8) is 0 Å². The molecule has 1 aliphatic heterocycles. The second kappa shape index (κ2) is 9.76. The van der Waals surface area contributed by atoms with Gasteiger partial charge in [-0.2, -0.15) is 5.10 Å². The van der Waals surface area contributed by atoms with Gasteiger partial charge in [-0.05, 0) is 43.3 Å². The van der Waals surface area contributed by atoms with Crippen LogP contribution in [-0.2, 0) is 6.54 Å². The molecular weight excluding hydrogens is 442 g/mol. The smallest absolute Gasteiger partial charge is 0.254 e. The summed E-state index contributed by atoms with van der Waals surface area (Å²) in [6.45, 7) is 5.09. The first-order valence-electron chi connectivity index (χ1n) is 11.7. The zero-order valence-electron chi connectivity index (χ0n) is 20.2. The van der Waals surface area contributed by atoms with Gasteiger partial charge < -0.3 is 14.4 Å². The lowest BCUT2D eigenvalue weighted by Gasteiger charge is -2.39. The van der Waals surface area contributed by atoms with Crippen molar-refractivity contribution in [1.29, 1.82) is 0 Å². The Morgan fingerprint density at radius 3 is 2.54 bits per heavy atom. The van der Waals surface area contributed by atoms with Gasteiger partial charge in [0.05, 0.1) is 25.6 Å². The van der Waals surface area contributed by atoms with E-state index in [1.54, 1.807) is 20.4 Å². The second-order valence-electron chi connectivity index (χ2n) is 8.75. The number of nitrogens with zero attached hydrogens (tertiary/aromatic N) is 5. The van der Waals surface area contributed by atoms with Gasteiger partial charge in [-0.1, -0.05) is 18.2 Å². The number of hydrogen-bond acceptors (Lipinski definition) is 6. The zero-order chi connectivity index (χ0) is 24.4. The molecule has 0 radical (unpaired) electrons. The van der Waals surface area contributed by atoms with Crippen molar-refractivity contribution in [2.45, 2.75) is 19.5 Å². The number of benzene rings is 2. The number of amides is 1. The maximum atomic E-state index is 12.9. The van der Waals surface area contributed by atoms with Gasteiger partial charge in [0.15, 0.2) is 17.1 Å². The van der Waals surface area contributed by atoms with Gasteiger partial charge in [-0.15, -0.1) is 0 Å².